The predicted molar refractivity (Wildman–Crippen MR) is 106 cm³/mol. The first-order valence-electron chi connectivity index (χ1n) is 9.13. The standard InChI is InChI=1S/C16H34O12Si2/c1-21-29(22-2,23-3)11-13(17)9-27-15(19)7-8-16(20)28-10-14(18)12-30(24-4,25-5)26-6/h13-14,17-18H,7-12H2,1-6H3. The van der Waals surface area contributed by atoms with Gasteiger partial charge in [-0.25, -0.2) is 0 Å². The van der Waals surface area contributed by atoms with Gasteiger partial charge in [0.25, 0.3) is 0 Å². The van der Waals surface area contributed by atoms with Gasteiger partial charge in [0.15, 0.2) is 0 Å². The Labute approximate surface area is 179 Å². The number of hydrogen-bond donors (Lipinski definition) is 2. The van der Waals surface area contributed by atoms with Gasteiger partial charge in [-0.1, -0.05) is 0 Å². The second kappa shape index (κ2) is 15.0. The maximum Gasteiger partial charge on any atom is 0.502 e. The van der Waals surface area contributed by atoms with Gasteiger partial charge in [-0.2, -0.15) is 0 Å². The molecule has 0 spiro atoms. The Hall–Kier alpha value is -0.946. The summed E-state index contributed by atoms with van der Waals surface area (Å²) < 4.78 is 41.0. The first-order chi connectivity index (χ1) is 14.1. The number of carbonyl (C=O) groups excluding carboxylic acids is 2. The third-order valence-corrected chi connectivity index (χ3v) is 9.92. The Balaban J connectivity index is 4.21. The fraction of sp³-hybridized carbons (Fsp3) is 0.875. The van der Waals surface area contributed by atoms with Crippen LogP contribution in [0, 0.1) is 0 Å². The van der Waals surface area contributed by atoms with Gasteiger partial charge >= 0.3 is 29.5 Å². The van der Waals surface area contributed by atoms with E-state index in [1.807, 2.05) is 0 Å². The average Bonchev–Trinajstić information content (AvgIpc) is 2.77. The van der Waals surface area contributed by atoms with Gasteiger partial charge in [0.2, 0.25) is 0 Å². The molecule has 0 aliphatic carbocycles. The van der Waals surface area contributed by atoms with Crippen molar-refractivity contribution in [1.29, 1.82) is 0 Å². The van der Waals surface area contributed by atoms with Crippen molar-refractivity contribution in [2.75, 3.05) is 55.9 Å². The van der Waals surface area contributed by atoms with E-state index < -0.39 is 41.8 Å². The van der Waals surface area contributed by atoms with Crippen molar-refractivity contribution in [2.45, 2.75) is 37.1 Å². The minimum atomic E-state index is -3.00. The lowest BCUT2D eigenvalue weighted by molar-refractivity contribution is -0.153. The molecule has 0 aromatic heterocycles. The second-order valence-corrected chi connectivity index (χ2v) is 12.2. The molecule has 12 nitrogen and oxygen atoms in total. The molecule has 0 rings (SSSR count). The van der Waals surface area contributed by atoms with E-state index in [0.29, 0.717) is 0 Å². The van der Waals surface area contributed by atoms with E-state index >= 15 is 0 Å². The number of ether oxygens (including phenoxy) is 2. The Morgan fingerprint density at radius 1 is 0.633 bits per heavy atom. The van der Waals surface area contributed by atoms with Crippen molar-refractivity contribution in [2.24, 2.45) is 0 Å². The van der Waals surface area contributed by atoms with Crippen LogP contribution in [0.4, 0.5) is 0 Å². The van der Waals surface area contributed by atoms with Gasteiger partial charge in [-0.15, -0.1) is 0 Å². The molecule has 0 aliphatic rings. The van der Waals surface area contributed by atoms with Crippen LogP contribution in [0.25, 0.3) is 0 Å². The lowest BCUT2D eigenvalue weighted by Crippen LogP contribution is -2.46. The van der Waals surface area contributed by atoms with E-state index in [2.05, 4.69) is 0 Å². The van der Waals surface area contributed by atoms with Crippen molar-refractivity contribution in [3.8, 4) is 0 Å². The highest BCUT2D eigenvalue weighted by molar-refractivity contribution is 6.61. The molecule has 0 aromatic rings. The first kappa shape index (κ1) is 29.1. The third-order valence-electron chi connectivity index (χ3n) is 4.24. The highest BCUT2D eigenvalue weighted by atomic mass is 28.4. The van der Waals surface area contributed by atoms with Gasteiger partial charge in [-0.3, -0.25) is 9.59 Å². The number of aliphatic hydroxyl groups is 2. The van der Waals surface area contributed by atoms with E-state index in [9.17, 15) is 19.8 Å². The zero-order valence-corrected chi connectivity index (χ0v) is 20.4. The molecule has 2 N–H and O–H groups in total. The molecular weight excluding hydrogens is 440 g/mol. The third kappa shape index (κ3) is 10.4. The monoisotopic (exact) mass is 474 g/mol. The smallest absolute Gasteiger partial charge is 0.463 e. The summed E-state index contributed by atoms with van der Waals surface area (Å²) in [6.07, 6.45) is -2.57. The molecule has 2 atom stereocenters. The van der Waals surface area contributed by atoms with E-state index in [4.69, 9.17) is 36.0 Å². The fourth-order valence-corrected chi connectivity index (χ4v) is 5.81. The topological polar surface area (TPSA) is 148 Å². The van der Waals surface area contributed by atoms with E-state index in [0.717, 1.165) is 0 Å². The highest BCUT2D eigenvalue weighted by Gasteiger charge is 2.41. The molecule has 0 aromatic carbocycles. The van der Waals surface area contributed by atoms with Gasteiger partial charge in [-0.05, 0) is 0 Å². The number of carbonyl (C=O) groups is 2. The van der Waals surface area contributed by atoms with Crippen LogP contribution >= 0.6 is 0 Å². The van der Waals surface area contributed by atoms with Gasteiger partial charge in [0.05, 0.1) is 25.0 Å². The van der Waals surface area contributed by atoms with E-state index in [1.165, 1.54) is 42.7 Å². The summed E-state index contributed by atoms with van der Waals surface area (Å²) in [4.78, 5) is 23.5. The molecule has 0 saturated heterocycles. The summed E-state index contributed by atoms with van der Waals surface area (Å²) in [5, 5.41) is 19.9. The lowest BCUT2D eigenvalue weighted by atomic mass is 10.3. The molecule has 0 heterocycles. The molecule has 178 valence electrons. The first-order valence-corrected chi connectivity index (χ1v) is 13.0. The molecule has 14 heteroatoms. The van der Waals surface area contributed by atoms with Crippen LogP contribution < -0.4 is 0 Å². The molecule has 0 amide bonds. The molecule has 0 radical (unpaired) electrons. The molecule has 30 heavy (non-hydrogen) atoms. The number of hydrogen-bond acceptors (Lipinski definition) is 12. The largest absolute Gasteiger partial charge is 0.502 e. The van der Waals surface area contributed by atoms with Crippen molar-refractivity contribution >= 4 is 29.5 Å². The van der Waals surface area contributed by atoms with Crippen LogP contribution in [-0.2, 0) is 45.6 Å². The summed E-state index contributed by atoms with van der Waals surface area (Å²) in [6.45, 7) is -0.593. The Bertz CT molecular complexity index is 438. The normalized spacial score (nSPS) is 14.3. The summed E-state index contributed by atoms with van der Waals surface area (Å²) in [5.74, 6) is -1.37. The number of rotatable bonds is 17. The summed E-state index contributed by atoms with van der Waals surface area (Å²) in [6, 6.07) is 0.0812. The zero-order chi connectivity index (χ0) is 23.2. The number of aliphatic hydroxyl groups excluding tert-OH is 2. The quantitative estimate of drug-likeness (QED) is 0.203. The highest BCUT2D eigenvalue weighted by Crippen LogP contribution is 2.17. The second-order valence-electron chi connectivity index (χ2n) is 6.17. The van der Waals surface area contributed by atoms with E-state index in [-0.39, 0.29) is 38.1 Å². The summed E-state index contributed by atoms with van der Waals surface area (Å²) in [7, 11) is 2.43. The average molecular weight is 475 g/mol. The van der Waals surface area contributed by atoms with Gasteiger partial charge < -0.3 is 46.2 Å². The van der Waals surface area contributed by atoms with Crippen molar-refractivity contribution in [3.63, 3.8) is 0 Å². The van der Waals surface area contributed by atoms with E-state index in [1.54, 1.807) is 0 Å². The van der Waals surface area contributed by atoms with Crippen LogP contribution in [0.1, 0.15) is 12.8 Å². The minimum Gasteiger partial charge on any atom is -0.463 e. The summed E-state index contributed by atoms with van der Waals surface area (Å²) in [5.41, 5.74) is 0. The Morgan fingerprint density at radius 3 is 1.13 bits per heavy atom. The predicted octanol–water partition coefficient (Wildman–Crippen LogP) is -0.669. The Morgan fingerprint density at radius 2 is 0.900 bits per heavy atom. The van der Waals surface area contributed by atoms with Crippen LogP contribution in [0.3, 0.4) is 0 Å². The van der Waals surface area contributed by atoms with Crippen LogP contribution in [0.5, 0.6) is 0 Å². The van der Waals surface area contributed by atoms with Crippen molar-refractivity contribution < 1.29 is 55.8 Å². The van der Waals surface area contributed by atoms with Gasteiger partial charge in [0, 0.05) is 54.7 Å². The lowest BCUT2D eigenvalue weighted by Gasteiger charge is -2.26. The minimum absolute atomic E-state index is 0.0406. The molecule has 0 bridgehead atoms. The summed E-state index contributed by atoms with van der Waals surface area (Å²) >= 11 is 0. The maximum atomic E-state index is 11.8. The molecule has 0 fully saturated rings. The molecule has 0 aliphatic heterocycles. The molecule has 2 unspecified atom stereocenters. The maximum absolute atomic E-state index is 11.8. The van der Waals surface area contributed by atoms with Crippen LogP contribution in [-0.4, -0.2) is 108 Å². The van der Waals surface area contributed by atoms with Crippen LogP contribution in [0.15, 0.2) is 0 Å². The Kier molecular flexibility index (Phi) is 14.5. The zero-order valence-electron chi connectivity index (χ0n) is 18.4. The molecular formula is C16H34O12Si2. The van der Waals surface area contributed by atoms with Crippen LogP contribution in [0.2, 0.25) is 12.1 Å². The van der Waals surface area contributed by atoms with Crippen molar-refractivity contribution in [1.82, 2.24) is 0 Å². The number of esters is 2. The van der Waals surface area contributed by atoms with Crippen molar-refractivity contribution in [3.05, 3.63) is 0 Å². The van der Waals surface area contributed by atoms with Gasteiger partial charge in [0.1, 0.15) is 13.2 Å². The SMILES string of the molecule is CO[Si](CC(O)COC(=O)CCC(=O)OCC(O)C[Si](OC)(OC)OC)(OC)OC. The fourth-order valence-electron chi connectivity index (χ4n) is 2.42. The molecule has 0 saturated carbocycles.